The van der Waals surface area contributed by atoms with Gasteiger partial charge in [0.25, 0.3) is 5.91 Å². The average molecular weight is 346 g/mol. The summed E-state index contributed by atoms with van der Waals surface area (Å²) in [5.41, 5.74) is 1.88. The molecule has 1 N–H and O–H groups in total. The monoisotopic (exact) mass is 346 g/mol. The van der Waals surface area contributed by atoms with E-state index in [2.05, 4.69) is 10.4 Å². The zero-order chi connectivity index (χ0) is 18.7. The van der Waals surface area contributed by atoms with Gasteiger partial charge in [0, 0.05) is 7.05 Å². The number of rotatable bonds is 6. The number of aryl methyl sites for hydroxylation is 4. The van der Waals surface area contributed by atoms with E-state index in [4.69, 9.17) is 4.74 Å². The maximum atomic E-state index is 12.4. The number of aromatic nitrogens is 2. The Morgan fingerprint density at radius 1 is 1.36 bits per heavy atom. The maximum Gasteiger partial charge on any atom is 0.322 e. The van der Waals surface area contributed by atoms with Crippen molar-refractivity contribution in [2.24, 2.45) is 7.05 Å². The quantitative estimate of drug-likeness (QED) is 0.640. The van der Waals surface area contributed by atoms with Gasteiger partial charge in [-0.1, -0.05) is 18.2 Å². The molecule has 0 bridgehead atoms. The van der Waals surface area contributed by atoms with Crippen LogP contribution < -0.4 is 10.1 Å². The molecule has 0 saturated heterocycles. The number of carbonyl (C=O) groups is 1. The molecule has 1 unspecified atom stereocenters. The lowest BCUT2D eigenvalue weighted by atomic mass is 10.1. The Kier molecular flexibility index (Phi) is 5.41. The SMILES string of the molecule is Cc1cccc(C)c1OCC(C)NC(=O)c1c([N+](=O)[O-])c(C)nn1C. The van der Waals surface area contributed by atoms with E-state index >= 15 is 0 Å². The van der Waals surface area contributed by atoms with Crippen molar-refractivity contribution in [1.82, 2.24) is 15.1 Å². The first-order valence-electron chi connectivity index (χ1n) is 7.90. The highest BCUT2D eigenvalue weighted by Gasteiger charge is 2.29. The molecule has 25 heavy (non-hydrogen) atoms. The van der Waals surface area contributed by atoms with E-state index in [-0.39, 0.29) is 29.7 Å². The molecule has 1 heterocycles. The van der Waals surface area contributed by atoms with Gasteiger partial charge in [-0.05, 0) is 38.8 Å². The summed E-state index contributed by atoms with van der Waals surface area (Å²) >= 11 is 0. The molecular weight excluding hydrogens is 324 g/mol. The van der Waals surface area contributed by atoms with Crippen LogP contribution in [0.1, 0.15) is 34.2 Å². The summed E-state index contributed by atoms with van der Waals surface area (Å²) in [6.45, 7) is 7.44. The number of carbonyl (C=O) groups excluding carboxylic acids is 1. The number of hydrogen-bond donors (Lipinski definition) is 1. The second-order valence-corrected chi connectivity index (χ2v) is 6.07. The minimum atomic E-state index is -0.588. The van der Waals surface area contributed by atoms with Crippen molar-refractivity contribution in [2.75, 3.05) is 6.61 Å². The van der Waals surface area contributed by atoms with Gasteiger partial charge in [0.1, 0.15) is 18.1 Å². The molecular formula is C17H22N4O4. The Bertz CT molecular complexity index is 793. The molecule has 134 valence electrons. The van der Waals surface area contributed by atoms with E-state index in [0.29, 0.717) is 0 Å². The zero-order valence-electron chi connectivity index (χ0n) is 15.0. The van der Waals surface area contributed by atoms with Gasteiger partial charge < -0.3 is 10.1 Å². The number of nitro groups is 1. The minimum absolute atomic E-state index is 0.0681. The lowest BCUT2D eigenvalue weighted by molar-refractivity contribution is -0.385. The summed E-state index contributed by atoms with van der Waals surface area (Å²) in [5.74, 6) is 0.235. The highest BCUT2D eigenvalue weighted by Crippen LogP contribution is 2.23. The van der Waals surface area contributed by atoms with Crippen LogP contribution in [-0.2, 0) is 7.05 Å². The summed E-state index contributed by atoms with van der Waals surface area (Å²) in [4.78, 5) is 23.0. The number of ether oxygens (including phenoxy) is 1. The Morgan fingerprint density at radius 2 is 1.96 bits per heavy atom. The van der Waals surface area contributed by atoms with Gasteiger partial charge >= 0.3 is 5.69 Å². The number of para-hydroxylation sites is 1. The fourth-order valence-electron chi connectivity index (χ4n) is 2.69. The topological polar surface area (TPSA) is 99.3 Å². The Labute approximate surface area is 145 Å². The van der Waals surface area contributed by atoms with E-state index in [1.165, 1.54) is 18.7 Å². The van der Waals surface area contributed by atoms with E-state index in [0.717, 1.165) is 16.9 Å². The van der Waals surface area contributed by atoms with E-state index in [1.54, 1.807) is 6.92 Å². The van der Waals surface area contributed by atoms with E-state index in [9.17, 15) is 14.9 Å². The molecule has 2 rings (SSSR count). The molecule has 0 saturated carbocycles. The van der Waals surface area contributed by atoms with Crippen molar-refractivity contribution in [3.8, 4) is 5.75 Å². The van der Waals surface area contributed by atoms with Crippen LogP contribution in [0.3, 0.4) is 0 Å². The molecule has 0 aliphatic heterocycles. The standard InChI is InChI=1S/C17H22N4O4/c1-10-7-6-8-11(2)16(10)25-9-12(3)18-17(22)15-14(21(23)24)13(4)19-20(15)5/h6-8,12H,9H2,1-5H3,(H,18,22). The Balaban J connectivity index is 2.08. The van der Waals surface area contributed by atoms with Gasteiger partial charge in [-0.3, -0.25) is 19.6 Å². The Morgan fingerprint density at radius 3 is 2.52 bits per heavy atom. The van der Waals surface area contributed by atoms with Crippen LogP contribution >= 0.6 is 0 Å². The van der Waals surface area contributed by atoms with Crippen molar-refractivity contribution in [1.29, 1.82) is 0 Å². The maximum absolute atomic E-state index is 12.4. The number of nitrogens with one attached hydrogen (secondary N) is 1. The number of nitrogens with zero attached hydrogens (tertiary/aromatic N) is 3. The van der Waals surface area contributed by atoms with Gasteiger partial charge in [0.15, 0.2) is 0 Å². The second-order valence-electron chi connectivity index (χ2n) is 6.07. The van der Waals surface area contributed by atoms with E-state index in [1.807, 2.05) is 32.0 Å². The molecule has 0 fully saturated rings. The fraction of sp³-hybridized carbons (Fsp3) is 0.412. The first-order chi connectivity index (χ1) is 11.7. The predicted molar refractivity (Wildman–Crippen MR) is 92.9 cm³/mol. The normalized spacial score (nSPS) is 11.9. The molecule has 0 radical (unpaired) electrons. The summed E-state index contributed by atoms with van der Waals surface area (Å²) in [5, 5.41) is 17.9. The summed E-state index contributed by atoms with van der Waals surface area (Å²) in [7, 11) is 1.51. The van der Waals surface area contributed by atoms with Gasteiger partial charge in [0.05, 0.1) is 11.0 Å². The van der Waals surface area contributed by atoms with Gasteiger partial charge in [-0.25, -0.2) is 0 Å². The molecule has 8 nitrogen and oxygen atoms in total. The minimum Gasteiger partial charge on any atom is -0.491 e. The van der Waals surface area contributed by atoms with E-state index < -0.39 is 10.8 Å². The molecule has 1 aromatic heterocycles. The zero-order valence-corrected chi connectivity index (χ0v) is 15.0. The van der Waals surface area contributed by atoms with Crippen molar-refractivity contribution < 1.29 is 14.5 Å². The largest absolute Gasteiger partial charge is 0.491 e. The molecule has 0 spiro atoms. The third-order valence-corrected chi connectivity index (χ3v) is 3.85. The second kappa shape index (κ2) is 7.33. The molecule has 1 aromatic carbocycles. The molecule has 1 amide bonds. The highest BCUT2D eigenvalue weighted by atomic mass is 16.6. The smallest absolute Gasteiger partial charge is 0.322 e. The van der Waals surface area contributed by atoms with Crippen LogP contribution in [0.15, 0.2) is 18.2 Å². The summed E-state index contributed by atoms with van der Waals surface area (Å²) < 4.78 is 7.03. The van der Waals surface area contributed by atoms with Crippen molar-refractivity contribution in [3.05, 3.63) is 50.8 Å². The highest BCUT2D eigenvalue weighted by molar-refractivity contribution is 5.97. The molecule has 0 aliphatic carbocycles. The summed E-state index contributed by atoms with van der Waals surface area (Å²) in [6, 6.07) is 5.52. The molecule has 1 atom stereocenters. The first kappa shape index (κ1) is 18.4. The van der Waals surface area contributed by atoms with Gasteiger partial charge in [-0.15, -0.1) is 0 Å². The number of hydrogen-bond acceptors (Lipinski definition) is 5. The van der Waals surface area contributed by atoms with Gasteiger partial charge in [0.2, 0.25) is 5.69 Å². The predicted octanol–water partition coefficient (Wildman–Crippen LogP) is 2.45. The fourth-order valence-corrected chi connectivity index (χ4v) is 2.69. The number of benzene rings is 1. The van der Waals surface area contributed by atoms with Crippen LogP contribution in [0.2, 0.25) is 0 Å². The van der Waals surface area contributed by atoms with Gasteiger partial charge in [-0.2, -0.15) is 5.10 Å². The van der Waals surface area contributed by atoms with Crippen molar-refractivity contribution in [3.63, 3.8) is 0 Å². The van der Waals surface area contributed by atoms with Crippen LogP contribution in [-0.4, -0.2) is 33.3 Å². The molecule has 0 aliphatic rings. The van der Waals surface area contributed by atoms with Crippen LogP contribution in [0.25, 0.3) is 0 Å². The average Bonchev–Trinajstić information content (AvgIpc) is 2.81. The van der Waals surface area contributed by atoms with Crippen LogP contribution in [0.5, 0.6) is 5.75 Å². The third-order valence-electron chi connectivity index (χ3n) is 3.85. The first-order valence-corrected chi connectivity index (χ1v) is 7.90. The molecule has 8 heteroatoms. The van der Waals surface area contributed by atoms with Crippen molar-refractivity contribution >= 4 is 11.6 Å². The Hall–Kier alpha value is -2.90. The molecule has 2 aromatic rings. The summed E-state index contributed by atoms with van der Waals surface area (Å²) in [6.07, 6.45) is 0. The van der Waals surface area contributed by atoms with Crippen LogP contribution in [0, 0.1) is 30.9 Å². The van der Waals surface area contributed by atoms with Crippen molar-refractivity contribution in [2.45, 2.75) is 33.7 Å². The lowest BCUT2D eigenvalue weighted by Crippen LogP contribution is -2.38. The van der Waals surface area contributed by atoms with Crippen LogP contribution in [0.4, 0.5) is 5.69 Å². The lowest BCUT2D eigenvalue weighted by Gasteiger charge is -2.17. The third kappa shape index (κ3) is 3.96. The number of amides is 1.